The third-order valence-corrected chi connectivity index (χ3v) is 2.37. The van der Waals surface area contributed by atoms with Crippen molar-refractivity contribution in [3.8, 4) is 6.07 Å². The lowest BCUT2D eigenvalue weighted by molar-refractivity contribution is 0.335. The van der Waals surface area contributed by atoms with E-state index in [0.29, 0.717) is 6.42 Å². The van der Waals surface area contributed by atoms with Gasteiger partial charge in [-0.05, 0) is 18.7 Å². The zero-order chi connectivity index (χ0) is 10.4. The van der Waals surface area contributed by atoms with Gasteiger partial charge in [0, 0.05) is 24.5 Å². The molecule has 0 atom stereocenters. The maximum atomic E-state index is 8.43. The molecule has 1 aromatic carbocycles. The normalized spacial score (nSPS) is 10.1. The van der Waals surface area contributed by atoms with Crippen molar-refractivity contribution in [1.29, 1.82) is 5.26 Å². The summed E-state index contributed by atoms with van der Waals surface area (Å²) in [6, 6.07) is 9.90. The minimum absolute atomic E-state index is 0.557. The maximum absolute atomic E-state index is 8.43. The Morgan fingerprint density at radius 2 is 2.14 bits per heavy atom. The largest absolute Gasteiger partial charge is 0.301 e. The Morgan fingerprint density at radius 3 is 2.79 bits per heavy atom. The zero-order valence-corrected chi connectivity index (χ0v) is 8.96. The number of nitrogens with zero attached hydrogens (tertiary/aromatic N) is 2. The highest BCUT2D eigenvalue weighted by molar-refractivity contribution is 6.31. The molecule has 0 fully saturated rings. The third kappa shape index (κ3) is 3.37. The first-order valence-electron chi connectivity index (χ1n) is 4.53. The molecule has 0 aliphatic heterocycles. The second-order valence-corrected chi connectivity index (χ2v) is 3.64. The Morgan fingerprint density at radius 1 is 1.43 bits per heavy atom. The summed E-state index contributed by atoms with van der Waals surface area (Å²) in [7, 11) is 1.99. The molecule has 74 valence electrons. The lowest BCUT2D eigenvalue weighted by atomic mass is 10.2. The first-order valence-corrected chi connectivity index (χ1v) is 4.90. The summed E-state index contributed by atoms with van der Waals surface area (Å²) in [5, 5.41) is 9.22. The van der Waals surface area contributed by atoms with Gasteiger partial charge in [0.1, 0.15) is 0 Å². The zero-order valence-electron chi connectivity index (χ0n) is 8.20. The molecular formula is C11H13ClN2. The molecule has 0 N–H and O–H groups in total. The van der Waals surface area contributed by atoms with Crippen LogP contribution in [0.4, 0.5) is 0 Å². The first-order chi connectivity index (χ1) is 6.74. The average Bonchev–Trinajstić information content (AvgIpc) is 2.18. The van der Waals surface area contributed by atoms with Crippen LogP contribution >= 0.6 is 11.6 Å². The Balaban J connectivity index is 2.52. The van der Waals surface area contributed by atoms with Crippen molar-refractivity contribution in [2.75, 3.05) is 13.6 Å². The van der Waals surface area contributed by atoms with Gasteiger partial charge in [-0.1, -0.05) is 29.8 Å². The van der Waals surface area contributed by atoms with E-state index in [1.165, 1.54) is 0 Å². The lowest BCUT2D eigenvalue weighted by Crippen LogP contribution is -2.18. The van der Waals surface area contributed by atoms with Gasteiger partial charge in [-0.25, -0.2) is 0 Å². The van der Waals surface area contributed by atoms with Crippen LogP contribution in [0.3, 0.4) is 0 Å². The molecule has 0 aliphatic rings. The molecule has 1 rings (SSSR count). The van der Waals surface area contributed by atoms with Gasteiger partial charge in [-0.3, -0.25) is 0 Å². The second-order valence-electron chi connectivity index (χ2n) is 3.24. The number of hydrogen-bond donors (Lipinski definition) is 0. The average molecular weight is 209 g/mol. The van der Waals surface area contributed by atoms with Crippen LogP contribution in [-0.4, -0.2) is 18.5 Å². The molecule has 0 saturated heterocycles. The predicted molar refractivity (Wildman–Crippen MR) is 58.0 cm³/mol. The third-order valence-electron chi connectivity index (χ3n) is 2.00. The molecule has 14 heavy (non-hydrogen) atoms. The molecule has 0 saturated carbocycles. The van der Waals surface area contributed by atoms with Crippen LogP contribution in [0, 0.1) is 11.3 Å². The van der Waals surface area contributed by atoms with E-state index in [4.69, 9.17) is 16.9 Å². The van der Waals surface area contributed by atoms with E-state index in [0.717, 1.165) is 23.7 Å². The number of hydrogen-bond acceptors (Lipinski definition) is 2. The Kier molecular flexibility index (Phi) is 4.45. The summed E-state index contributed by atoms with van der Waals surface area (Å²) >= 11 is 6.01. The topological polar surface area (TPSA) is 27.0 Å². The summed E-state index contributed by atoms with van der Waals surface area (Å²) in [6.07, 6.45) is 0.557. The van der Waals surface area contributed by atoms with Crippen molar-refractivity contribution in [2.24, 2.45) is 0 Å². The molecule has 0 unspecified atom stereocenters. The minimum Gasteiger partial charge on any atom is -0.301 e. The SMILES string of the molecule is CN(CCC#N)Cc1ccccc1Cl. The summed E-state index contributed by atoms with van der Waals surface area (Å²) in [4.78, 5) is 2.09. The van der Waals surface area contributed by atoms with Crippen LogP contribution in [0.2, 0.25) is 5.02 Å². The summed E-state index contributed by atoms with van der Waals surface area (Å²) in [6.45, 7) is 1.57. The van der Waals surface area contributed by atoms with Crippen molar-refractivity contribution in [1.82, 2.24) is 4.90 Å². The Bertz CT molecular complexity index is 330. The molecule has 2 nitrogen and oxygen atoms in total. The predicted octanol–water partition coefficient (Wildman–Crippen LogP) is 2.69. The molecule has 0 heterocycles. The highest BCUT2D eigenvalue weighted by Gasteiger charge is 2.02. The van der Waals surface area contributed by atoms with Gasteiger partial charge >= 0.3 is 0 Å². The lowest BCUT2D eigenvalue weighted by Gasteiger charge is -2.15. The summed E-state index contributed by atoms with van der Waals surface area (Å²) in [5.41, 5.74) is 1.11. The number of benzene rings is 1. The molecule has 0 radical (unpaired) electrons. The molecule has 0 amide bonds. The smallest absolute Gasteiger partial charge is 0.0635 e. The maximum Gasteiger partial charge on any atom is 0.0635 e. The summed E-state index contributed by atoms with van der Waals surface area (Å²) < 4.78 is 0. The number of nitriles is 1. The van der Waals surface area contributed by atoms with Crippen molar-refractivity contribution in [2.45, 2.75) is 13.0 Å². The molecule has 0 aromatic heterocycles. The Labute approximate surface area is 89.7 Å². The van der Waals surface area contributed by atoms with Gasteiger partial charge in [-0.2, -0.15) is 5.26 Å². The van der Waals surface area contributed by atoms with Gasteiger partial charge in [0.05, 0.1) is 6.07 Å². The van der Waals surface area contributed by atoms with Crippen molar-refractivity contribution in [3.05, 3.63) is 34.9 Å². The van der Waals surface area contributed by atoms with Crippen LogP contribution in [0.5, 0.6) is 0 Å². The van der Waals surface area contributed by atoms with E-state index >= 15 is 0 Å². The van der Waals surface area contributed by atoms with E-state index < -0.39 is 0 Å². The van der Waals surface area contributed by atoms with Gasteiger partial charge in [0.2, 0.25) is 0 Å². The minimum atomic E-state index is 0.557. The standard InChI is InChI=1S/C11H13ClN2/c1-14(8-4-7-13)9-10-5-2-3-6-11(10)12/h2-3,5-6H,4,8-9H2,1H3. The van der Waals surface area contributed by atoms with Crippen LogP contribution in [-0.2, 0) is 6.54 Å². The van der Waals surface area contributed by atoms with E-state index in [9.17, 15) is 0 Å². The van der Waals surface area contributed by atoms with Gasteiger partial charge in [-0.15, -0.1) is 0 Å². The van der Waals surface area contributed by atoms with E-state index in [-0.39, 0.29) is 0 Å². The first kappa shape index (κ1) is 11.0. The van der Waals surface area contributed by atoms with Crippen molar-refractivity contribution >= 4 is 11.6 Å². The van der Waals surface area contributed by atoms with Gasteiger partial charge in [0.15, 0.2) is 0 Å². The molecule has 0 aliphatic carbocycles. The van der Waals surface area contributed by atoms with Crippen LogP contribution in [0.25, 0.3) is 0 Å². The highest BCUT2D eigenvalue weighted by Crippen LogP contribution is 2.16. The fourth-order valence-corrected chi connectivity index (χ4v) is 1.43. The quantitative estimate of drug-likeness (QED) is 0.761. The van der Waals surface area contributed by atoms with E-state index in [1.54, 1.807) is 0 Å². The Hall–Kier alpha value is -1.04. The monoisotopic (exact) mass is 208 g/mol. The van der Waals surface area contributed by atoms with Crippen molar-refractivity contribution < 1.29 is 0 Å². The molecule has 3 heteroatoms. The number of halogens is 1. The molecule has 1 aromatic rings. The van der Waals surface area contributed by atoms with Crippen molar-refractivity contribution in [3.63, 3.8) is 0 Å². The van der Waals surface area contributed by atoms with E-state index in [2.05, 4.69) is 11.0 Å². The second kappa shape index (κ2) is 5.64. The number of rotatable bonds is 4. The fraction of sp³-hybridized carbons (Fsp3) is 0.364. The van der Waals surface area contributed by atoms with Crippen LogP contribution < -0.4 is 0 Å². The van der Waals surface area contributed by atoms with Gasteiger partial charge < -0.3 is 4.90 Å². The van der Waals surface area contributed by atoms with Crippen LogP contribution in [0.15, 0.2) is 24.3 Å². The highest BCUT2D eigenvalue weighted by atomic mass is 35.5. The van der Waals surface area contributed by atoms with Gasteiger partial charge in [0.25, 0.3) is 0 Å². The molecule has 0 bridgehead atoms. The van der Waals surface area contributed by atoms with E-state index in [1.807, 2.05) is 31.3 Å². The molecular weight excluding hydrogens is 196 g/mol. The summed E-state index contributed by atoms with van der Waals surface area (Å²) in [5.74, 6) is 0. The van der Waals surface area contributed by atoms with Crippen LogP contribution in [0.1, 0.15) is 12.0 Å². The molecule has 0 spiro atoms. The fourth-order valence-electron chi connectivity index (χ4n) is 1.24.